The molecule has 0 saturated heterocycles. The number of ether oxygens (including phenoxy) is 1. The molecule has 0 fully saturated rings. The third kappa shape index (κ3) is 5.03. The standard InChI is InChI=1S/C19H24N4O3S2/c1-12(2)26-19-16-7-6-14(11-25-28(5)24)9-15(16)10-17(21-19)20-18-8-13(3)23(22-18)27-4/h6-10,12H,11H2,1-5H3,(H,20,21,22). The van der Waals surface area contributed by atoms with Gasteiger partial charge in [0.1, 0.15) is 5.82 Å². The van der Waals surface area contributed by atoms with Crippen LogP contribution in [0.2, 0.25) is 0 Å². The summed E-state index contributed by atoms with van der Waals surface area (Å²) < 4.78 is 24.2. The lowest BCUT2D eigenvalue weighted by molar-refractivity contribution is 0.236. The fourth-order valence-corrected chi connectivity index (χ4v) is 3.54. The number of rotatable bonds is 8. The highest BCUT2D eigenvalue weighted by atomic mass is 32.2. The molecule has 2 aromatic heterocycles. The second-order valence-electron chi connectivity index (χ2n) is 6.55. The van der Waals surface area contributed by atoms with Gasteiger partial charge in [-0.25, -0.2) is 8.30 Å². The summed E-state index contributed by atoms with van der Waals surface area (Å²) in [7, 11) is 0. The van der Waals surface area contributed by atoms with E-state index in [-0.39, 0.29) is 12.7 Å². The number of fused-ring (bicyclic) bond motifs is 1. The van der Waals surface area contributed by atoms with Crippen LogP contribution in [0.4, 0.5) is 11.6 Å². The summed E-state index contributed by atoms with van der Waals surface area (Å²) in [5, 5.41) is 9.62. The van der Waals surface area contributed by atoms with E-state index in [2.05, 4.69) is 15.4 Å². The van der Waals surface area contributed by atoms with Crippen LogP contribution in [0.3, 0.4) is 0 Å². The smallest absolute Gasteiger partial charge is 0.223 e. The van der Waals surface area contributed by atoms with E-state index >= 15 is 0 Å². The molecule has 0 bridgehead atoms. The second kappa shape index (κ2) is 8.93. The molecule has 3 rings (SSSR count). The molecule has 28 heavy (non-hydrogen) atoms. The number of pyridine rings is 1. The van der Waals surface area contributed by atoms with E-state index in [9.17, 15) is 4.21 Å². The molecule has 0 aliphatic heterocycles. The Labute approximate surface area is 171 Å². The minimum absolute atomic E-state index is 0.00517. The lowest BCUT2D eigenvalue weighted by atomic mass is 10.1. The number of aryl methyl sites for hydroxylation is 1. The van der Waals surface area contributed by atoms with Gasteiger partial charge in [-0.2, -0.15) is 4.98 Å². The van der Waals surface area contributed by atoms with Gasteiger partial charge >= 0.3 is 0 Å². The van der Waals surface area contributed by atoms with Crippen LogP contribution >= 0.6 is 11.9 Å². The van der Waals surface area contributed by atoms with E-state index in [1.54, 1.807) is 0 Å². The monoisotopic (exact) mass is 420 g/mol. The molecule has 1 N–H and O–H groups in total. The largest absolute Gasteiger partial charge is 0.474 e. The van der Waals surface area contributed by atoms with Crippen molar-refractivity contribution in [1.82, 2.24) is 14.2 Å². The normalized spacial score (nSPS) is 12.5. The van der Waals surface area contributed by atoms with Gasteiger partial charge in [-0.15, -0.1) is 5.10 Å². The minimum atomic E-state index is -1.31. The Hall–Kier alpha value is -2.10. The van der Waals surface area contributed by atoms with Crippen LogP contribution < -0.4 is 10.1 Å². The Morgan fingerprint density at radius 3 is 2.68 bits per heavy atom. The number of benzene rings is 1. The van der Waals surface area contributed by atoms with E-state index in [0.29, 0.717) is 11.7 Å². The fourth-order valence-electron chi connectivity index (χ4n) is 2.73. The highest BCUT2D eigenvalue weighted by Crippen LogP contribution is 2.30. The molecule has 0 radical (unpaired) electrons. The molecule has 2 heterocycles. The van der Waals surface area contributed by atoms with Crippen LogP contribution in [0.15, 0.2) is 30.3 Å². The van der Waals surface area contributed by atoms with Crippen LogP contribution in [0.25, 0.3) is 10.8 Å². The Bertz CT molecular complexity index is 1000. The average Bonchev–Trinajstić information content (AvgIpc) is 2.98. The lowest BCUT2D eigenvalue weighted by Crippen LogP contribution is -2.08. The van der Waals surface area contributed by atoms with Crippen molar-refractivity contribution < 1.29 is 13.1 Å². The summed E-state index contributed by atoms with van der Waals surface area (Å²) in [6.45, 7) is 6.22. The van der Waals surface area contributed by atoms with Gasteiger partial charge < -0.3 is 10.1 Å². The fraction of sp³-hybridized carbons (Fsp3) is 0.368. The highest BCUT2D eigenvalue weighted by molar-refractivity contribution is 7.97. The van der Waals surface area contributed by atoms with E-state index < -0.39 is 11.1 Å². The summed E-state index contributed by atoms with van der Waals surface area (Å²) in [6, 6.07) is 9.79. The number of nitrogens with one attached hydrogen (secondary N) is 1. The van der Waals surface area contributed by atoms with Crippen LogP contribution in [-0.4, -0.2) is 37.0 Å². The zero-order chi connectivity index (χ0) is 20.3. The van der Waals surface area contributed by atoms with Crippen molar-refractivity contribution in [1.29, 1.82) is 0 Å². The molecule has 1 atom stereocenters. The van der Waals surface area contributed by atoms with Crippen molar-refractivity contribution >= 4 is 45.4 Å². The molecule has 0 aliphatic rings. The maximum atomic E-state index is 11.2. The molecular formula is C19H24N4O3S2. The van der Waals surface area contributed by atoms with Gasteiger partial charge in [-0.1, -0.05) is 6.07 Å². The van der Waals surface area contributed by atoms with Crippen molar-refractivity contribution in [2.75, 3.05) is 17.8 Å². The average molecular weight is 421 g/mol. The number of aromatic nitrogens is 3. The highest BCUT2D eigenvalue weighted by Gasteiger charge is 2.12. The topological polar surface area (TPSA) is 78.3 Å². The van der Waals surface area contributed by atoms with Crippen molar-refractivity contribution in [3.8, 4) is 5.88 Å². The molecule has 7 nitrogen and oxygen atoms in total. The number of nitrogens with zero attached hydrogens (tertiary/aromatic N) is 3. The van der Waals surface area contributed by atoms with Gasteiger partial charge in [0.2, 0.25) is 5.88 Å². The van der Waals surface area contributed by atoms with Crippen molar-refractivity contribution in [2.24, 2.45) is 0 Å². The van der Waals surface area contributed by atoms with Crippen molar-refractivity contribution in [3.63, 3.8) is 0 Å². The molecule has 1 unspecified atom stereocenters. The summed E-state index contributed by atoms with van der Waals surface area (Å²) in [5.41, 5.74) is 1.97. The summed E-state index contributed by atoms with van der Waals surface area (Å²) in [4.78, 5) is 4.64. The molecule has 9 heteroatoms. The Balaban J connectivity index is 1.99. The zero-order valence-corrected chi connectivity index (χ0v) is 18.2. The van der Waals surface area contributed by atoms with Crippen molar-refractivity contribution in [2.45, 2.75) is 33.5 Å². The van der Waals surface area contributed by atoms with Crippen LogP contribution in [0.1, 0.15) is 25.1 Å². The van der Waals surface area contributed by atoms with Crippen LogP contribution in [0.5, 0.6) is 5.88 Å². The first kappa shape index (κ1) is 20.6. The van der Waals surface area contributed by atoms with Crippen molar-refractivity contribution in [3.05, 3.63) is 41.6 Å². The van der Waals surface area contributed by atoms with Gasteiger partial charge in [-0.05, 0) is 61.9 Å². The lowest BCUT2D eigenvalue weighted by Gasteiger charge is -2.14. The molecule has 0 amide bonds. The summed E-state index contributed by atoms with van der Waals surface area (Å²) >= 11 is 0.227. The second-order valence-corrected chi connectivity index (χ2v) is 8.30. The molecule has 0 spiro atoms. The van der Waals surface area contributed by atoms with E-state index in [1.807, 2.05) is 61.4 Å². The molecule has 0 saturated carbocycles. The van der Waals surface area contributed by atoms with E-state index in [4.69, 9.17) is 8.92 Å². The zero-order valence-electron chi connectivity index (χ0n) is 16.6. The summed E-state index contributed by atoms with van der Waals surface area (Å²) in [5.74, 6) is 1.92. The Morgan fingerprint density at radius 1 is 1.25 bits per heavy atom. The number of hydrogen-bond acceptors (Lipinski definition) is 7. The first-order valence-corrected chi connectivity index (χ1v) is 11.5. The summed E-state index contributed by atoms with van der Waals surface area (Å²) in [6.07, 6.45) is 3.48. The molecule has 3 aromatic rings. The van der Waals surface area contributed by atoms with Gasteiger partial charge in [-0.3, -0.25) is 4.18 Å². The predicted molar refractivity (Wildman–Crippen MR) is 116 cm³/mol. The molecule has 0 aliphatic carbocycles. The predicted octanol–water partition coefficient (Wildman–Crippen LogP) is 4.21. The van der Waals surface area contributed by atoms with Gasteiger partial charge in [0.05, 0.1) is 18.4 Å². The maximum absolute atomic E-state index is 11.2. The molecule has 1 aromatic carbocycles. The molecular weight excluding hydrogens is 396 g/mol. The number of hydrogen-bond donors (Lipinski definition) is 1. The van der Waals surface area contributed by atoms with Gasteiger partial charge in [0.15, 0.2) is 16.9 Å². The van der Waals surface area contributed by atoms with Crippen LogP contribution in [-0.2, 0) is 21.9 Å². The third-order valence-corrected chi connectivity index (χ3v) is 5.04. The SMILES string of the molecule is CSn1nc(Nc2cc3cc(COS(C)=O)ccc3c(OC(C)C)n2)cc1C. The molecule has 150 valence electrons. The van der Waals surface area contributed by atoms with Gasteiger partial charge in [0.25, 0.3) is 0 Å². The third-order valence-electron chi connectivity index (χ3n) is 3.87. The van der Waals surface area contributed by atoms with Gasteiger partial charge in [0, 0.05) is 24.0 Å². The Kier molecular flexibility index (Phi) is 6.58. The first-order chi connectivity index (χ1) is 13.4. The van der Waals surface area contributed by atoms with E-state index in [1.165, 1.54) is 18.2 Å². The van der Waals surface area contributed by atoms with E-state index in [0.717, 1.165) is 27.8 Å². The quantitative estimate of drug-likeness (QED) is 0.585. The first-order valence-electron chi connectivity index (χ1n) is 8.81. The number of anilines is 2. The minimum Gasteiger partial charge on any atom is -0.474 e. The maximum Gasteiger partial charge on any atom is 0.223 e. The Morgan fingerprint density at radius 2 is 2.04 bits per heavy atom. The van der Waals surface area contributed by atoms with Crippen LogP contribution in [0, 0.1) is 6.92 Å².